The van der Waals surface area contributed by atoms with Gasteiger partial charge in [0.25, 0.3) is 5.56 Å². The highest BCUT2D eigenvalue weighted by molar-refractivity contribution is 5.94. The van der Waals surface area contributed by atoms with Crippen molar-refractivity contribution in [3.63, 3.8) is 0 Å². The lowest BCUT2D eigenvalue weighted by atomic mass is 10.2. The summed E-state index contributed by atoms with van der Waals surface area (Å²) in [5, 5.41) is 15.5. The van der Waals surface area contributed by atoms with Gasteiger partial charge in [-0.15, -0.1) is 5.10 Å². The van der Waals surface area contributed by atoms with E-state index in [2.05, 4.69) is 20.8 Å². The first kappa shape index (κ1) is 19.6. The Kier molecular flexibility index (Phi) is 4.51. The van der Waals surface area contributed by atoms with Crippen molar-refractivity contribution in [3.8, 4) is 11.4 Å². The second-order valence-electron chi connectivity index (χ2n) is 7.63. The molecule has 0 saturated heterocycles. The quantitative estimate of drug-likeness (QED) is 0.445. The molecular formula is C25H17N7O2. The molecule has 0 spiro atoms. The van der Waals surface area contributed by atoms with Gasteiger partial charge in [0.1, 0.15) is 5.39 Å². The van der Waals surface area contributed by atoms with Crippen LogP contribution in [0.4, 0.5) is 11.4 Å². The zero-order chi connectivity index (χ0) is 23.1. The second-order valence-corrected chi connectivity index (χ2v) is 7.63. The first-order chi connectivity index (χ1) is 16.7. The highest BCUT2D eigenvalue weighted by atomic mass is 16.2. The van der Waals surface area contributed by atoms with Crippen LogP contribution in [-0.2, 0) is 0 Å². The van der Waals surface area contributed by atoms with Crippen LogP contribution >= 0.6 is 0 Å². The van der Waals surface area contributed by atoms with Crippen molar-refractivity contribution < 1.29 is 0 Å². The van der Waals surface area contributed by atoms with E-state index in [1.165, 1.54) is 13.6 Å². The van der Waals surface area contributed by atoms with Gasteiger partial charge in [-0.05, 0) is 46.8 Å². The predicted molar refractivity (Wildman–Crippen MR) is 129 cm³/mol. The Morgan fingerprint density at radius 1 is 0.706 bits per heavy atom. The molecule has 0 unspecified atom stereocenters. The van der Waals surface area contributed by atoms with Crippen LogP contribution in [-0.4, -0.2) is 29.2 Å². The number of benzene rings is 3. The number of aromatic nitrogens is 6. The predicted octanol–water partition coefficient (Wildman–Crippen LogP) is 3.32. The molecule has 164 valence electrons. The Labute approximate surface area is 192 Å². The van der Waals surface area contributed by atoms with E-state index in [-0.39, 0.29) is 11.0 Å². The van der Waals surface area contributed by atoms with Crippen LogP contribution < -0.4 is 16.6 Å². The summed E-state index contributed by atoms with van der Waals surface area (Å²) >= 11 is 0. The summed E-state index contributed by atoms with van der Waals surface area (Å²) in [4.78, 5) is 27.8. The molecule has 9 nitrogen and oxygen atoms in total. The van der Waals surface area contributed by atoms with Gasteiger partial charge in [0.15, 0.2) is 11.3 Å². The molecule has 6 rings (SSSR count). The number of nitrogens with zero attached hydrogens (tertiary/aromatic N) is 6. The normalized spacial score (nSPS) is 11.2. The van der Waals surface area contributed by atoms with Crippen LogP contribution in [0.2, 0.25) is 0 Å². The largest absolute Gasteiger partial charge is 0.355 e. The van der Waals surface area contributed by atoms with Crippen LogP contribution in [0.5, 0.6) is 0 Å². The number of pyridine rings is 1. The highest BCUT2D eigenvalue weighted by Crippen LogP contribution is 2.26. The lowest BCUT2D eigenvalue weighted by molar-refractivity contribution is 0.784. The van der Waals surface area contributed by atoms with E-state index in [1.807, 2.05) is 54.6 Å². The average molecular weight is 447 g/mol. The monoisotopic (exact) mass is 447 g/mol. The molecule has 0 radical (unpaired) electrons. The van der Waals surface area contributed by atoms with Gasteiger partial charge < -0.3 is 5.32 Å². The molecule has 0 atom stereocenters. The number of para-hydroxylation sites is 3. The summed E-state index contributed by atoms with van der Waals surface area (Å²) in [6, 6.07) is 29.1. The molecule has 34 heavy (non-hydrogen) atoms. The Morgan fingerprint density at radius 2 is 1.29 bits per heavy atom. The Balaban J connectivity index is 1.82. The lowest BCUT2D eigenvalue weighted by Crippen LogP contribution is -2.39. The van der Waals surface area contributed by atoms with Gasteiger partial charge >= 0.3 is 5.69 Å². The second kappa shape index (κ2) is 7.82. The van der Waals surface area contributed by atoms with Crippen molar-refractivity contribution in [3.05, 3.63) is 118 Å². The fourth-order valence-electron chi connectivity index (χ4n) is 4.06. The number of hydrogen-bond acceptors (Lipinski definition) is 6. The lowest BCUT2D eigenvalue weighted by Gasteiger charge is -2.17. The third-order valence-corrected chi connectivity index (χ3v) is 5.55. The summed E-state index contributed by atoms with van der Waals surface area (Å²) in [5.41, 5.74) is 1.98. The fourth-order valence-corrected chi connectivity index (χ4v) is 4.06. The van der Waals surface area contributed by atoms with Crippen molar-refractivity contribution in [1.29, 1.82) is 0 Å². The van der Waals surface area contributed by atoms with Gasteiger partial charge in [0.05, 0.1) is 17.1 Å². The minimum atomic E-state index is -0.524. The van der Waals surface area contributed by atoms with Crippen molar-refractivity contribution in [2.45, 2.75) is 0 Å². The minimum Gasteiger partial charge on any atom is -0.355 e. The summed E-state index contributed by atoms with van der Waals surface area (Å²) in [6.45, 7) is 0. The number of nitrogens with one attached hydrogen (secondary N) is 1. The number of tetrazole rings is 1. The zero-order valence-corrected chi connectivity index (χ0v) is 17.7. The van der Waals surface area contributed by atoms with E-state index < -0.39 is 11.2 Å². The smallest absolute Gasteiger partial charge is 0.341 e. The van der Waals surface area contributed by atoms with Gasteiger partial charge in [-0.3, -0.25) is 4.79 Å². The maximum absolute atomic E-state index is 13.9. The van der Waals surface area contributed by atoms with E-state index >= 15 is 0 Å². The topological polar surface area (TPSA) is 99.1 Å². The molecule has 6 aromatic rings. The molecule has 3 aromatic heterocycles. The molecule has 9 heteroatoms. The molecule has 3 aromatic carbocycles. The van der Waals surface area contributed by atoms with E-state index in [0.717, 1.165) is 5.69 Å². The zero-order valence-electron chi connectivity index (χ0n) is 17.7. The van der Waals surface area contributed by atoms with Crippen LogP contribution in [0.1, 0.15) is 0 Å². The number of hydrogen-bond donors (Lipinski definition) is 1. The van der Waals surface area contributed by atoms with E-state index in [0.29, 0.717) is 22.7 Å². The summed E-state index contributed by atoms with van der Waals surface area (Å²) in [7, 11) is 0. The van der Waals surface area contributed by atoms with Crippen molar-refractivity contribution >= 4 is 28.1 Å². The van der Waals surface area contributed by atoms with Crippen LogP contribution in [0.3, 0.4) is 0 Å². The molecular weight excluding hydrogens is 430 g/mol. The summed E-state index contributed by atoms with van der Waals surface area (Å²) in [6.07, 6.45) is 0. The van der Waals surface area contributed by atoms with Crippen LogP contribution in [0, 0.1) is 0 Å². The molecule has 1 N–H and O–H groups in total. The molecule has 3 heterocycles. The van der Waals surface area contributed by atoms with Crippen LogP contribution in [0.15, 0.2) is 107 Å². The molecule has 0 aliphatic rings. The Bertz CT molecular complexity index is 1760. The first-order valence-corrected chi connectivity index (χ1v) is 10.6. The van der Waals surface area contributed by atoms with Gasteiger partial charge in [-0.1, -0.05) is 54.6 Å². The standard InChI is InChI=1S/C25H17N7O2/c33-24-22-20(26-17-10-4-1-5-11-17)16-21-27-28-29-32(21)23(22)30(18-12-6-2-7-13-18)25(34)31(24)19-14-8-3-9-15-19/h1-16,26H. The van der Waals surface area contributed by atoms with Gasteiger partial charge in [-0.2, -0.15) is 4.52 Å². The number of rotatable bonds is 4. The number of fused-ring (bicyclic) bond motifs is 3. The Morgan fingerprint density at radius 3 is 1.94 bits per heavy atom. The Hall–Kier alpha value is -5.05. The SMILES string of the molecule is O=c1c2c(Nc3ccccc3)cc3nnnn3c2n(-c2ccccc2)c(=O)n1-c1ccccc1. The summed E-state index contributed by atoms with van der Waals surface area (Å²) in [5.74, 6) is 0. The molecule has 0 aliphatic heterocycles. The molecule has 0 aliphatic carbocycles. The van der Waals surface area contributed by atoms with E-state index in [9.17, 15) is 9.59 Å². The first-order valence-electron chi connectivity index (χ1n) is 10.6. The molecule has 0 saturated carbocycles. The van der Waals surface area contributed by atoms with Crippen molar-refractivity contribution in [2.75, 3.05) is 5.32 Å². The third-order valence-electron chi connectivity index (χ3n) is 5.55. The number of anilines is 2. The average Bonchev–Trinajstić information content (AvgIpc) is 3.34. The molecule has 0 amide bonds. The molecule has 0 bridgehead atoms. The van der Waals surface area contributed by atoms with Crippen molar-refractivity contribution in [2.24, 2.45) is 0 Å². The maximum Gasteiger partial charge on any atom is 0.341 e. The molecule has 0 fully saturated rings. The highest BCUT2D eigenvalue weighted by Gasteiger charge is 2.22. The van der Waals surface area contributed by atoms with Crippen LogP contribution in [0.25, 0.3) is 28.1 Å². The maximum atomic E-state index is 13.9. The van der Waals surface area contributed by atoms with Crippen molar-refractivity contribution in [1.82, 2.24) is 29.2 Å². The van der Waals surface area contributed by atoms with E-state index in [1.54, 1.807) is 42.5 Å². The minimum absolute atomic E-state index is 0.273. The van der Waals surface area contributed by atoms with Gasteiger partial charge in [0, 0.05) is 11.8 Å². The van der Waals surface area contributed by atoms with E-state index in [4.69, 9.17) is 0 Å². The van der Waals surface area contributed by atoms with Gasteiger partial charge in [0.2, 0.25) is 0 Å². The third kappa shape index (κ3) is 3.06. The summed E-state index contributed by atoms with van der Waals surface area (Å²) < 4.78 is 4.04. The van der Waals surface area contributed by atoms with Gasteiger partial charge in [-0.25, -0.2) is 13.9 Å². The fraction of sp³-hybridized carbons (Fsp3) is 0.